The first kappa shape index (κ1) is 30.6. The molecular formula is C31H33N5O5S. The maximum Gasteiger partial charge on any atom is 0.271 e. The summed E-state index contributed by atoms with van der Waals surface area (Å²) >= 11 is 0. The highest BCUT2D eigenvalue weighted by molar-refractivity contribution is 7.89. The minimum Gasteiger partial charge on any atom is -0.385 e. The van der Waals surface area contributed by atoms with Gasteiger partial charge in [-0.2, -0.15) is 14.7 Å². The molecule has 4 rings (SSSR count). The number of para-hydroxylation sites is 1. The summed E-state index contributed by atoms with van der Waals surface area (Å²) in [6, 6.07) is 17.8. The standard InChI is InChI=1S/C31H33N5O5S/c1-5-34(6-2)42(39,40)26-15-10-12-23(18-26)29-24(21-36(33-29)25-13-8-7-9-14-25)19-27-22(3)28(20-32)31(38)35(30(27)37)16-11-17-41-4/h7-10,12-15,18-19,21H,5-6,11,16-17H2,1-4H3/b27-19+. The van der Waals surface area contributed by atoms with Crippen LogP contribution < -0.4 is 0 Å². The zero-order valence-electron chi connectivity index (χ0n) is 24.1. The second-order valence-electron chi connectivity index (χ2n) is 9.61. The maximum absolute atomic E-state index is 13.6. The topological polar surface area (TPSA) is 126 Å². The molecule has 0 spiro atoms. The lowest BCUT2D eigenvalue weighted by atomic mass is 9.93. The number of ether oxygens (including phenoxy) is 1. The molecule has 2 aromatic carbocycles. The zero-order chi connectivity index (χ0) is 30.4. The smallest absolute Gasteiger partial charge is 0.271 e. The molecule has 0 aliphatic carbocycles. The number of benzene rings is 2. The van der Waals surface area contributed by atoms with Gasteiger partial charge in [-0.15, -0.1) is 0 Å². The number of nitrogens with zero attached hydrogens (tertiary/aromatic N) is 5. The van der Waals surface area contributed by atoms with Gasteiger partial charge in [0.25, 0.3) is 11.8 Å². The molecule has 0 fully saturated rings. The van der Waals surface area contributed by atoms with E-state index in [-0.39, 0.29) is 28.2 Å². The highest BCUT2D eigenvalue weighted by Gasteiger charge is 2.35. The Balaban J connectivity index is 1.90. The molecule has 0 atom stereocenters. The Morgan fingerprint density at radius 1 is 1.05 bits per heavy atom. The Bertz CT molecular complexity index is 1700. The largest absolute Gasteiger partial charge is 0.385 e. The number of imide groups is 1. The quantitative estimate of drug-likeness (QED) is 0.187. The van der Waals surface area contributed by atoms with Crippen LogP contribution in [0, 0.1) is 11.3 Å². The lowest BCUT2D eigenvalue weighted by Gasteiger charge is -2.27. The molecule has 1 aliphatic rings. The van der Waals surface area contributed by atoms with Gasteiger partial charge in [-0.25, -0.2) is 13.1 Å². The minimum atomic E-state index is -3.74. The molecule has 1 aliphatic heterocycles. The number of carbonyl (C=O) groups is 2. The van der Waals surface area contributed by atoms with Gasteiger partial charge in [-0.1, -0.05) is 44.2 Å². The van der Waals surface area contributed by atoms with E-state index in [9.17, 15) is 23.3 Å². The monoisotopic (exact) mass is 587 g/mol. The molecule has 3 aromatic rings. The van der Waals surface area contributed by atoms with E-state index in [0.717, 1.165) is 10.6 Å². The van der Waals surface area contributed by atoms with Crippen LogP contribution in [-0.2, 0) is 24.3 Å². The van der Waals surface area contributed by atoms with E-state index >= 15 is 0 Å². The fraction of sp³-hybridized carbons (Fsp3) is 0.290. The van der Waals surface area contributed by atoms with Crippen molar-refractivity contribution in [1.82, 2.24) is 19.0 Å². The Morgan fingerprint density at radius 3 is 2.40 bits per heavy atom. The molecule has 0 saturated heterocycles. The number of hydrogen-bond acceptors (Lipinski definition) is 7. The van der Waals surface area contributed by atoms with Crippen LogP contribution in [0.2, 0.25) is 0 Å². The molecule has 0 bridgehead atoms. The summed E-state index contributed by atoms with van der Waals surface area (Å²) in [6.45, 7) is 6.25. The van der Waals surface area contributed by atoms with E-state index in [1.165, 1.54) is 11.4 Å². The van der Waals surface area contributed by atoms with Crippen molar-refractivity contribution in [1.29, 1.82) is 5.26 Å². The molecule has 2 amide bonds. The van der Waals surface area contributed by atoms with Gasteiger partial charge in [0.1, 0.15) is 17.3 Å². The van der Waals surface area contributed by atoms with Gasteiger partial charge in [0.15, 0.2) is 0 Å². The average molecular weight is 588 g/mol. The van der Waals surface area contributed by atoms with Crippen molar-refractivity contribution < 1.29 is 22.7 Å². The summed E-state index contributed by atoms with van der Waals surface area (Å²) in [5.74, 6) is -1.16. The van der Waals surface area contributed by atoms with Crippen molar-refractivity contribution in [2.45, 2.75) is 32.1 Å². The van der Waals surface area contributed by atoms with Gasteiger partial charge in [-0.3, -0.25) is 14.5 Å². The zero-order valence-corrected chi connectivity index (χ0v) is 24.9. The number of rotatable bonds is 11. The summed E-state index contributed by atoms with van der Waals surface area (Å²) in [4.78, 5) is 27.8. The number of methoxy groups -OCH3 is 1. The Hall–Kier alpha value is -4.37. The van der Waals surface area contributed by atoms with E-state index in [0.29, 0.717) is 42.9 Å². The van der Waals surface area contributed by atoms with Crippen LogP contribution >= 0.6 is 0 Å². The molecule has 0 saturated carbocycles. The Morgan fingerprint density at radius 2 is 1.76 bits per heavy atom. The Kier molecular flexibility index (Phi) is 9.52. The van der Waals surface area contributed by atoms with Crippen molar-refractivity contribution in [3.8, 4) is 23.0 Å². The van der Waals surface area contributed by atoms with Gasteiger partial charge < -0.3 is 4.74 Å². The van der Waals surface area contributed by atoms with Gasteiger partial charge in [0, 0.05) is 56.2 Å². The first-order valence-electron chi connectivity index (χ1n) is 13.6. The third kappa shape index (κ3) is 5.97. The van der Waals surface area contributed by atoms with Gasteiger partial charge in [0.05, 0.1) is 10.6 Å². The van der Waals surface area contributed by atoms with Crippen molar-refractivity contribution in [3.05, 3.63) is 83.1 Å². The molecular weight excluding hydrogens is 554 g/mol. The predicted molar refractivity (Wildman–Crippen MR) is 159 cm³/mol. The normalized spacial score (nSPS) is 15.1. The van der Waals surface area contributed by atoms with Crippen molar-refractivity contribution in [2.75, 3.05) is 33.4 Å². The Labute approximate surface area is 246 Å². The van der Waals surface area contributed by atoms with Crippen LogP contribution in [0.3, 0.4) is 0 Å². The molecule has 10 nitrogen and oxygen atoms in total. The van der Waals surface area contributed by atoms with E-state index in [4.69, 9.17) is 9.84 Å². The van der Waals surface area contributed by atoms with Gasteiger partial charge >= 0.3 is 0 Å². The van der Waals surface area contributed by atoms with Crippen LogP contribution in [0.4, 0.5) is 0 Å². The van der Waals surface area contributed by atoms with Crippen LogP contribution in [0.1, 0.15) is 32.8 Å². The minimum absolute atomic E-state index is 0.0999. The molecule has 218 valence electrons. The number of amides is 2. The fourth-order valence-electron chi connectivity index (χ4n) is 4.80. The third-order valence-corrected chi connectivity index (χ3v) is 9.12. The van der Waals surface area contributed by atoms with Crippen LogP contribution in [-0.4, -0.2) is 72.6 Å². The maximum atomic E-state index is 13.6. The van der Waals surface area contributed by atoms with Crippen molar-refractivity contribution >= 4 is 27.9 Å². The van der Waals surface area contributed by atoms with Crippen molar-refractivity contribution in [2.24, 2.45) is 0 Å². The highest BCUT2D eigenvalue weighted by atomic mass is 32.2. The van der Waals surface area contributed by atoms with Crippen LogP contribution in [0.15, 0.2) is 82.4 Å². The molecule has 0 unspecified atom stereocenters. The number of nitriles is 1. The summed E-state index contributed by atoms with van der Waals surface area (Å²) in [5, 5.41) is 14.6. The lowest BCUT2D eigenvalue weighted by molar-refractivity contribution is -0.140. The summed E-state index contributed by atoms with van der Waals surface area (Å²) in [6.07, 6.45) is 3.77. The molecule has 42 heavy (non-hydrogen) atoms. The molecule has 11 heteroatoms. The van der Waals surface area contributed by atoms with E-state index in [1.54, 1.807) is 62.0 Å². The summed E-state index contributed by atoms with van der Waals surface area (Å²) < 4.78 is 34.7. The van der Waals surface area contributed by atoms with E-state index < -0.39 is 21.8 Å². The fourth-order valence-corrected chi connectivity index (χ4v) is 6.31. The first-order chi connectivity index (χ1) is 20.2. The second-order valence-corrected chi connectivity index (χ2v) is 11.5. The molecule has 2 heterocycles. The molecule has 0 radical (unpaired) electrons. The number of aromatic nitrogens is 2. The predicted octanol–water partition coefficient (Wildman–Crippen LogP) is 4.20. The van der Waals surface area contributed by atoms with Crippen LogP contribution in [0.25, 0.3) is 23.0 Å². The third-order valence-electron chi connectivity index (χ3n) is 7.07. The first-order valence-corrected chi connectivity index (χ1v) is 15.1. The van der Waals surface area contributed by atoms with Gasteiger partial charge in [-0.05, 0) is 49.3 Å². The number of sulfonamides is 1. The molecule has 0 N–H and O–H groups in total. The lowest BCUT2D eigenvalue weighted by Crippen LogP contribution is -2.43. The number of carbonyl (C=O) groups excluding carboxylic acids is 2. The second kappa shape index (κ2) is 13.1. The van der Waals surface area contributed by atoms with Crippen molar-refractivity contribution in [3.63, 3.8) is 0 Å². The molecule has 1 aromatic heterocycles. The average Bonchev–Trinajstić information content (AvgIpc) is 3.42. The summed E-state index contributed by atoms with van der Waals surface area (Å²) in [7, 11) is -2.21. The van der Waals surface area contributed by atoms with E-state index in [2.05, 4.69) is 0 Å². The SMILES string of the molecule is CCN(CC)S(=O)(=O)c1cccc(-c2nn(-c3ccccc3)cc2/C=C2/C(=O)N(CCCOC)C(=O)C(C#N)=C2C)c1. The van der Waals surface area contributed by atoms with Crippen LogP contribution in [0.5, 0.6) is 0 Å². The highest BCUT2D eigenvalue weighted by Crippen LogP contribution is 2.32. The number of hydrogen-bond donors (Lipinski definition) is 0. The summed E-state index contributed by atoms with van der Waals surface area (Å²) in [5.41, 5.74) is 2.58. The van der Waals surface area contributed by atoms with E-state index in [1.807, 2.05) is 36.4 Å². The van der Waals surface area contributed by atoms with Gasteiger partial charge in [0.2, 0.25) is 10.0 Å².